The van der Waals surface area contributed by atoms with Crippen molar-refractivity contribution < 1.29 is 0 Å². The molecule has 2 unspecified atom stereocenters. The van der Waals surface area contributed by atoms with Crippen molar-refractivity contribution in [1.82, 2.24) is 4.90 Å². The molecule has 2 aliphatic carbocycles. The van der Waals surface area contributed by atoms with E-state index in [0.29, 0.717) is 5.41 Å². The molecule has 1 aliphatic heterocycles. The Labute approximate surface area is 128 Å². The number of benzene rings is 1. The van der Waals surface area contributed by atoms with Crippen molar-refractivity contribution in [3.05, 3.63) is 29.8 Å². The van der Waals surface area contributed by atoms with E-state index in [2.05, 4.69) is 29.2 Å². The van der Waals surface area contributed by atoms with Gasteiger partial charge in [-0.2, -0.15) is 0 Å². The molecule has 0 spiro atoms. The minimum absolute atomic E-state index is 0.451. The van der Waals surface area contributed by atoms with Crippen LogP contribution in [-0.2, 0) is 5.41 Å². The summed E-state index contributed by atoms with van der Waals surface area (Å²) in [5.74, 6) is 0.995. The predicted molar refractivity (Wildman–Crippen MR) is 88.3 cm³/mol. The molecule has 1 aromatic rings. The second kappa shape index (κ2) is 5.31. The third-order valence-corrected chi connectivity index (χ3v) is 6.24. The Bertz CT molecular complexity index is 487. The average Bonchev–Trinajstić information content (AvgIpc) is 3.29. The SMILES string of the molecule is Nc1ccc(C2(CN3CCCC4CCCCC43)CC2)cc1. The fraction of sp³-hybridized carbons (Fsp3) is 0.684. The van der Waals surface area contributed by atoms with Crippen LogP contribution in [0.3, 0.4) is 0 Å². The maximum atomic E-state index is 5.85. The van der Waals surface area contributed by atoms with Crippen LogP contribution in [0.15, 0.2) is 24.3 Å². The number of fused-ring (bicyclic) bond motifs is 1. The van der Waals surface area contributed by atoms with Crippen LogP contribution in [0.2, 0.25) is 0 Å². The number of nitrogen functional groups attached to an aromatic ring is 1. The summed E-state index contributed by atoms with van der Waals surface area (Å²) in [6, 6.07) is 9.58. The molecule has 1 heterocycles. The molecule has 2 heteroatoms. The van der Waals surface area contributed by atoms with E-state index in [1.165, 1.54) is 70.0 Å². The van der Waals surface area contributed by atoms with Gasteiger partial charge in [-0.05, 0) is 68.7 Å². The maximum Gasteiger partial charge on any atom is 0.0314 e. The first kappa shape index (κ1) is 13.6. The molecule has 3 fully saturated rings. The Morgan fingerprint density at radius 1 is 1.00 bits per heavy atom. The van der Waals surface area contributed by atoms with Gasteiger partial charge in [-0.15, -0.1) is 0 Å². The van der Waals surface area contributed by atoms with Crippen LogP contribution in [-0.4, -0.2) is 24.0 Å². The molecule has 0 radical (unpaired) electrons. The van der Waals surface area contributed by atoms with Gasteiger partial charge in [0.05, 0.1) is 0 Å². The summed E-state index contributed by atoms with van der Waals surface area (Å²) in [5, 5.41) is 0. The third-order valence-electron chi connectivity index (χ3n) is 6.24. The molecule has 4 rings (SSSR count). The first-order valence-corrected chi connectivity index (χ1v) is 8.87. The van der Waals surface area contributed by atoms with E-state index < -0.39 is 0 Å². The Morgan fingerprint density at radius 2 is 1.71 bits per heavy atom. The highest BCUT2D eigenvalue weighted by molar-refractivity contribution is 5.43. The number of hydrogen-bond acceptors (Lipinski definition) is 2. The number of nitrogens with two attached hydrogens (primary N) is 1. The second-order valence-electron chi connectivity index (χ2n) is 7.63. The summed E-state index contributed by atoms with van der Waals surface area (Å²) in [4.78, 5) is 2.86. The number of hydrogen-bond donors (Lipinski definition) is 1. The molecule has 1 saturated heterocycles. The minimum Gasteiger partial charge on any atom is -0.399 e. The number of nitrogens with zero attached hydrogens (tertiary/aromatic N) is 1. The van der Waals surface area contributed by atoms with Gasteiger partial charge >= 0.3 is 0 Å². The number of rotatable bonds is 3. The van der Waals surface area contributed by atoms with Crippen LogP contribution in [0, 0.1) is 5.92 Å². The van der Waals surface area contributed by atoms with Gasteiger partial charge in [-0.25, -0.2) is 0 Å². The van der Waals surface area contributed by atoms with Crippen molar-refractivity contribution in [1.29, 1.82) is 0 Å². The summed E-state index contributed by atoms with van der Waals surface area (Å²) in [7, 11) is 0. The Hall–Kier alpha value is -1.02. The van der Waals surface area contributed by atoms with Crippen LogP contribution >= 0.6 is 0 Å². The molecule has 21 heavy (non-hydrogen) atoms. The minimum atomic E-state index is 0.451. The van der Waals surface area contributed by atoms with Crippen LogP contribution in [0.4, 0.5) is 5.69 Å². The fourth-order valence-corrected chi connectivity index (χ4v) is 4.84. The van der Waals surface area contributed by atoms with Crippen LogP contribution in [0.5, 0.6) is 0 Å². The van der Waals surface area contributed by atoms with Crippen molar-refractivity contribution in [3.8, 4) is 0 Å². The van der Waals surface area contributed by atoms with Crippen molar-refractivity contribution in [2.75, 3.05) is 18.8 Å². The van der Waals surface area contributed by atoms with Crippen molar-refractivity contribution in [2.45, 2.75) is 62.8 Å². The normalized spacial score (nSPS) is 31.6. The zero-order chi connectivity index (χ0) is 14.3. The molecule has 2 saturated carbocycles. The molecular weight excluding hydrogens is 256 g/mol. The highest BCUT2D eigenvalue weighted by atomic mass is 15.2. The summed E-state index contributed by atoms with van der Waals surface area (Å²) >= 11 is 0. The van der Waals surface area contributed by atoms with E-state index in [9.17, 15) is 0 Å². The molecule has 3 aliphatic rings. The van der Waals surface area contributed by atoms with Gasteiger partial charge < -0.3 is 5.73 Å². The van der Waals surface area contributed by atoms with Gasteiger partial charge in [0.25, 0.3) is 0 Å². The first-order valence-electron chi connectivity index (χ1n) is 8.87. The summed E-state index contributed by atoms with van der Waals surface area (Å²) in [6.45, 7) is 2.62. The Morgan fingerprint density at radius 3 is 2.48 bits per heavy atom. The third kappa shape index (κ3) is 2.59. The van der Waals surface area contributed by atoms with Crippen molar-refractivity contribution >= 4 is 5.69 Å². The Kier molecular flexibility index (Phi) is 3.45. The Balaban J connectivity index is 1.50. The zero-order valence-electron chi connectivity index (χ0n) is 13.1. The molecule has 2 atom stereocenters. The lowest BCUT2D eigenvalue weighted by Gasteiger charge is -2.45. The van der Waals surface area contributed by atoms with Gasteiger partial charge in [0.2, 0.25) is 0 Å². The van der Waals surface area contributed by atoms with Crippen LogP contribution in [0.25, 0.3) is 0 Å². The highest BCUT2D eigenvalue weighted by Gasteiger charge is 2.47. The molecule has 1 aromatic carbocycles. The average molecular weight is 284 g/mol. The van der Waals surface area contributed by atoms with Crippen LogP contribution in [0.1, 0.15) is 56.9 Å². The summed E-state index contributed by atoms with van der Waals surface area (Å²) in [6.07, 6.45) is 11.5. The van der Waals surface area contributed by atoms with Gasteiger partial charge in [-0.1, -0.05) is 25.0 Å². The molecule has 114 valence electrons. The lowest BCUT2D eigenvalue weighted by Crippen LogP contribution is -2.49. The maximum absolute atomic E-state index is 5.85. The fourth-order valence-electron chi connectivity index (χ4n) is 4.84. The quantitative estimate of drug-likeness (QED) is 0.851. The van der Waals surface area contributed by atoms with E-state index in [0.717, 1.165) is 17.6 Å². The number of likely N-dealkylation sites (tertiary alicyclic amines) is 1. The lowest BCUT2D eigenvalue weighted by atomic mass is 9.77. The number of piperidine rings is 1. The smallest absolute Gasteiger partial charge is 0.0314 e. The topological polar surface area (TPSA) is 29.3 Å². The van der Waals surface area contributed by atoms with Crippen molar-refractivity contribution in [2.24, 2.45) is 5.92 Å². The standard InChI is InChI=1S/C19H28N2/c20-17-9-7-16(8-10-17)19(11-12-19)14-21-13-3-5-15-4-1-2-6-18(15)21/h7-10,15,18H,1-6,11-14,20H2. The summed E-state index contributed by atoms with van der Waals surface area (Å²) < 4.78 is 0. The van der Waals surface area contributed by atoms with E-state index in [1.807, 2.05) is 0 Å². The highest BCUT2D eigenvalue weighted by Crippen LogP contribution is 2.50. The van der Waals surface area contributed by atoms with Gasteiger partial charge in [0, 0.05) is 23.7 Å². The summed E-state index contributed by atoms with van der Waals surface area (Å²) in [5.41, 5.74) is 8.71. The monoisotopic (exact) mass is 284 g/mol. The largest absolute Gasteiger partial charge is 0.399 e. The van der Waals surface area contributed by atoms with Crippen LogP contribution < -0.4 is 5.73 Å². The van der Waals surface area contributed by atoms with E-state index >= 15 is 0 Å². The molecule has 2 nitrogen and oxygen atoms in total. The second-order valence-corrected chi connectivity index (χ2v) is 7.63. The van der Waals surface area contributed by atoms with Gasteiger partial charge in [-0.3, -0.25) is 4.90 Å². The van der Waals surface area contributed by atoms with Crippen molar-refractivity contribution in [3.63, 3.8) is 0 Å². The lowest BCUT2D eigenvalue weighted by molar-refractivity contribution is 0.0531. The van der Waals surface area contributed by atoms with Gasteiger partial charge in [0.1, 0.15) is 0 Å². The first-order chi connectivity index (χ1) is 10.3. The van der Waals surface area contributed by atoms with E-state index in [4.69, 9.17) is 5.73 Å². The molecule has 0 amide bonds. The molecular formula is C19H28N2. The van der Waals surface area contributed by atoms with E-state index in [1.54, 1.807) is 0 Å². The predicted octanol–water partition coefficient (Wildman–Crippen LogP) is 3.96. The molecule has 2 N–H and O–H groups in total. The molecule has 0 bridgehead atoms. The number of anilines is 1. The van der Waals surface area contributed by atoms with Gasteiger partial charge in [0.15, 0.2) is 0 Å². The van der Waals surface area contributed by atoms with E-state index in [-0.39, 0.29) is 0 Å². The molecule has 0 aromatic heterocycles. The zero-order valence-corrected chi connectivity index (χ0v) is 13.1.